The molecule has 2 N–H and O–H groups in total. The molecule has 0 bridgehead atoms. The summed E-state index contributed by atoms with van der Waals surface area (Å²) in [6, 6.07) is 20.2. The quantitative estimate of drug-likeness (QED) is 0.321. The van der Waals surface area contributed by atoms with Crippen molar-refractivity contribution in [3.05, 3.63) is 87.4 Å². The summed E-state index contributed by atoms with van der Waals surface area (Å²) in [4.78, 5) is 32.1. The van der Waals surface area contributed by atoms with Crippen LogP contribution in [0.5, 0.6) is 5.75 Å². The summed E-state index contributed by atoms with van der Waals surface area (Å²) in [6.07, 6.45) is 0.375. The Morgan fingerprint density at radius 2 is 1.79 bits per heavy atom. The highest BCUT2D eigenvalue weighted by molar-refractivity contribution is 7.16. The Labute approximate surface area is 206 Å². The molecule has 4 rings (SSSR count). The summed E-state index contributed by atoms with van der Waals surface area (Å²) < 4.78 is 5.51. The molecule has 174 valence electrons. The molecule has 2 aromatic heterocycles. The number of ether oxygens (including phenoxy) is 1. The van der Waals surface area contributed by atoms with Gasteiger partial charge < -0.3 is 15.4 Å². The van der Waals surface area contributed by atoms with Gasteiger partial charge in [0.25, 0.3) is 5.91 Å². The van der Waals surface area contributed by atoms with Crippen LogP contribution in [0.15, 0.2) is 72.1 Å². The molecule has 2 heterocycles. The van der Waals surface area contributed by atoms with Crippen LogP contribution in [0.4, 0.5) is 5.13 Å². The largest absolute Gasteiger partial charge is 0.494 e. The Hall–Kier alpha value is -3.49. The van der Waals surface area contributed by atoms with Gasteiger partial charge in [0, 0.05) is 16.9 Å². The van der Waals surface area contributed by atoms with Crippen molar-refractivity contribution >= 4 is 39.6 Å². The van der Waals surface area contributed by atoms with Crippen LogP contribution < -0.4 is 15.4 Å². The maximum absolute atomic E-state index is 13.2. The number of hydrogen-bond donors (Lipinski definition) is 2. The van der Waals surface area contributed by atoms with E-state index in [1.54, 1.807) is 6.07 Å². The van der Waals surface area contributed by atoms with E-state index in [1.807, 2.05) is 79.9 Å². The minimum absolute atomic E-state index is 0.267. The normalized spacial score (nSPS) is 11.6. The van der Waals surface area contributed by atoms with Gasteiger partial charge in [-0.05, 0) is 55.1 Å². The Morgan fingerprint density at radius 3 is 2.47 bits per heavy atom. The van der Waals surface area contributed by atoms with Crippen LogP contribution in [0.2, 0.25) is 0 Å². The van der Waals surface area contributed by atoms with Crippen LogP contribution in [0.1, 0.15) is 27.0 Å². The predicted molar refractivity (Wildman–Crippen MR) is 138 cm³/mol. The number of aryl methyl sites for hydroxylation is 1. The first-order valence-corrected chi connectivity index (χ1v) is 12.6. The van der Waals surface area contributed by atoms with Crippen LogP contribution >= 0.6 is 22.7 Å². The zero-order valence-corrected chi connectivity index (χ0v) is 20.5. The van der Waals surface area contributed by atoms with E-state index in [2.05, 4.69) is 15.6 Å². The molecule has 0 aliphatic heterocycles. The van der Waals surface area contributed by atoms with Gasteiger partial charge in [-0.25, -0.2) is 4.98 Å². The van der Waals surface area contributed by atoms with Crippen molar-refractivity contribution in [3.8, 4) is 17.0 Å². The molecule has 0 unspecified atom stereocenters. The van der Waals surface area contributed by atoms with E-state index in [-0.39, 0.29) is 11.8 Å². The van der Waals surface area contributed by atoms with Gasteiger partial charge in [0.1, 0.15) is 11.8 Å². The average Bonchev–Trinajstić information content (AvgIpc) is 3.50. The van der Waals surface area contributed by atoms with Crippen LogP contribution in [-0.2, 0) is 11.2 Å². The topological polar surface area (TPSA) is 80.3 Å². The summed E-state index contributed by atoms with van der Waals surface area (Å²) in [5, 5.41) is 8.12. The Morgan fingerprint density at radius 1 is 1.03 bits per heavy atom. The van der Waals surface area contributed by atoms with Crippen LogP contribution in [0, 0.1) is 6.92 Å². The number of nitrogens with one attached hydrogen (secondary N) is 2. The van der Waals surface area contributed by atoms with E-state index >= 15 is 0 Å². The second-order valence-electron chi connectivity index (χ2n) is 7.56. The number of thiazole rings is 1. The SMILES string of the molecule is CCOc1ccc(-c2nc(NC(=O)[C@@H](Cc3ccccc3)NC(=O)c3cccs3)sc2C)cc1. The number of thiophene rings is 1. The van der Waals surface area contributed by atoms with Crippen molar-refractivity contribution in [2.75, 3.05) is 11.9 Å². The number of anilines is 1. The van der Waals surface area contributed by atoms with E-state index in [1.165, 1.54) is 22.7 Å². The lowest BCUT2D eigenvalue weighted by Gasteiger charge is -2.17. The molecule has 2 aromatic carbocycles. The molecule has 1 atom stereocenters. The molecule has 0 fully saturated rings. The van der Waals surface area contributed by atoms with Gasteiger partial charge in [-0.2, -0.15) is 0 Å². The molecule has 0 saturated heterocycles. The van der Waals surface area contributed by atoms with Crippen LogP contribution in [0.3, 0.4) is 0 Å². The zero-order chi connectivity index (χ0) is 23.9. The van der Waals surface area contributed by atoms with Gasteiger partial charge in [-0.15, -0.1) is 22.7 Å². The molecule has 0 spiro atoms. The zero-order valence-electron chi connectivity index (χ0n) is 18.9. The number of carbonyl (C=O) groups excluding carboxylic acids is 2. The lowest BCUT2D eigenvalue weighted by atomic mass is 10.1. The first-order chi connectivity index (χ1) is 16.5. The maximum Gasteiger partial charge on any atom is 0.262 e. The molecule has 6 nitrogen and oxygen atoms in total. The molecule has 8 heteroatoms. The van der Waals surface area contributed by atoms with E-state index < -0.39 is 6.04 Å². The summed E-state index contributed by atoms with van der Waals surface area (Å²) in [7, 11) is 0. The van der Waals surface area contributed by atoms with Crippen molar-refractivity contribution in [1.29, 1.82) is 0 Å². The minimum atomic E-state index is -0.741. The second-order valence-corrected chi connectivity index (χ2v) is 9.71. The maximum atomic E-state index is 13.2. The lowest BCUT2D eigenvalue weighted by molar-refractivity contribution is -0.118. The third-order valence-electron chi connectivity index (χ3n) is 5.11. The molecule has 0 aliphatic carbocycles. The third kappa shape index (κ3) is 5.89. The van der Waals surface area contributed by atoms with E-state index in [4.69, 9.17) is 4.74 Å². The van der Waals surface area contributed by atoms with Crippen molar-refractivity contribution < 1.29 is 14.3 Å². The van der Waals surface area contributed by atoms with Crippen molar-refractivity contribution in [2.24, 2.45) is 0 Å². The van der Waals surface area contributed by atoms with Crippen molar-refractivity contribution in [2.45, 2.75) is 26.3 Å². The molecule has 0 radical (unpaired) electrons. The van der Waals surface area contributed by atoms with Gasteiger partial charge in [-0.1, -0.05) is 36.4 Å². The summed E-state index contributed by atoms with van der Waals surface area (Å²) in [5.74, 6) is 0.232. The number of nitrogens with zero attached hydrogens (tertiary/aromatic N) is 1. The van der Waals surface area contributed by atoms with Gasteiger partial charge >= 0.3 is 0 Å². The first kappa shape index (κ1) is 23.7. The van der Waals surface area contributed by atoms with Gasteiger partial charge in [0.15, 0.2) is 5.13 Å². The number of aromatic nitrogens is 1. The Bertz CT molecular complexity index is 1240. The van der Waals surface area contributed by atoms with Crippen LogP contribution in [0.25, 0.3) is 11.3 Å². The predicted octanol–water partition coefficient (Wildman–Crippen LogP) is 5.56. The average molecular weight is 492 g/mol. The third-order valence-corrected chi connectivity index (χ3v) is 6.87. The highest BCUT2D eigenvalue weighted by Crippen LogP contribution is 2.31. The lowest BCUT2D eigenvalue weighted by Crippen LogP contribution is -2.45. The number of benzene rings is 2. The smallest absolute Gasteiger partial charge is 0.262 e. The standard InChI is InChI=1S/C26H25N3O3S2/c1-3-32-20-13-11-19(12-14-20)23-17(2)34-26(28-23)29-24(30)21(16-18-8-5-4-6-9-18)27-25(31)22-10-7-15-33-22/h4-15,21H,3,16H2,1-2H3,(H,27,31)(H,28,29,30)/t21-/m1/s1. The molecule has 0 saturated carbocycles. The highest BCUT2D eigenvalue weighted by atomic mass is 32.1. The minimum Gasteiger partial charge on any atom is -0.494 e. The molecule has 2 amide bonds. The monoisotopic (exact) mass is 491 g/mol. The summed E-state index contributed by atoms with van der Waals surface area (Å²) >= 11 is 2.75. The number of hydrogen-bond acceptors (Lipinski definition) is 6. The molecular weight excluding hydrogens is 466 g/mol. The Kier molecular flexibility index (Phi) is 7.72. The summed E-state index contributed by atoms with van der Waals surface area (Å²) in [5.41, 5.74) is 2.72. The fourth-order valence-corrected chi connectivity index (χ4v) is 4.95. The van der Waals surface area contributed by atoms with E-state index in [0.717, 1.165) is 27.4 Å². The number of carbonyl (C=O) groups is 2. The first-order valence-electron chi connectivity index (χ1n) is 10.9. The number of rotatable bonds is 9. The van der Waals surface area contributed by atoms with Gasteiger partial charge in [-0.3, -0.25) is 9.59 Å². The molecule has 0 aliphatic rings. The van der Waals surface area contributed by atoms with E-state index in [9.17, 15) is 9.59 Å². The fourth-order valence-electron chi connectivity index (χ4n) is 3.48. The molecule has 4 aromatic rings. The van der Waals surface area contributed by atoms with Gasteiger partial charge in [0.05, 0.1) is 17.2 Å². The van der Waals surface area contributed by atoms with Crippen molar-refractivity contribution in [1.82, 2.24) is 10.3 Å². The fraction of sp³-hybridized carbons (Fsp3) is 0.192. The molecular formula is C26H25N3O3S2. The Balaban J connectivity index is 1.51. The van der Waals surface area contributed by atoms with Gasteiger partial charge in [0.2, 0.25) is 5.91 Å². The summed E-state index contributed by atoms with van der Waals surface area (Å²) in [6.45, 7) is 4.53. The van der Waals surface area contributed by atoms with E-state index in [0.29, 0.717) is 23.0 Å². The highest BCUT2D eigenvalue weighted by Gasteiger charge is 2.24. The molecule has 34 heavy (non-hydrogen) atoms. The van der Waals surface area contributed by atoms with Crippen molar-refractivity contribution in [3.63, 3.8) is 0 Å². The number of amides is 2. The second kappa shape index (κ2) is 11.1. The van der Waals surface area contributed by atoms with Crippen LogP contribution in [-0.4, -0.2) is 29.4 Å².